The molecule has 0 aromatic heterocycles. The predicted octanol–water partition coefficient (Wildman–Crippen LogP) is 5.98. The van der Waals surface area contributed by atoms with Crippen molar-refractivity contribution in [3.63, 3.8) is 0 Å². The minimum Gasteiger partial charge on any atom is -0.413 e. The summed E-state index contributed by atoms with van der Waals surface area (Å²) in [6.45, 7) is 11.7. The Kier molecular flexibility index (Phi) is 5.68. The van der Waals surface area contributed by atoms with Gasteiger partial charge >= 0.3 is 0 Å². The third-order valence-corrected chi connectivity index (χ3v) is 9.84. The first kappa shape index (κ1) is 17.5. The van der Waals surface area contributed by atoms with Crippen LogP contribution in [-0.2, 0) is 10.8 Å². The zero-order chi connectivity index (χ0) is 16.2. The van der Waals surface area contributed by atoms with Crippen LogP contribution in [0.2, 0.25) is 18.1 Å². The molecule has 0 aliphatic heterocycles. The van der Waals surface area contributed by atoms with Gasteiger partial charge in [0.2, 0.25) is 0 Å². The Labute approximate surface area is 137 Å². The molecule has 0 unspecified atom stereocenters. The maximum absolute atomic E-state index is 6.73. The van der Waals surface area contributed by atoms with E-state index in [9.17, 15) is 0 Å². The van der Waals surface area contributed by atoms with E-state index in [2.05, 4.69) is 76.3 Å². The monoisotopic (exact) mass is 316 g/mol. The van der Waals surface area contributed by atoms with E-state index >= 15 is 0 Å². The zero-order valence-electron chi connectivity index (χ0n) is 14.9. The molecule has 1 aliphatic carbocycles. The summed E-state index contributed by atoms with van der Waals surface area (Å²) in [7, 11) is -1.68. The van der Waals surface area contributed by atoms with Crippen LogP contribution in [0, 0.1) is 5.92 Å². The van der Waals surface area contributed by atoms with E-state index in [1.54, 1.807) is 0 Å². The van der Waals surface area contributed by atoms with Gasteiger partial charge in [-0.1, -0.05) is 63.3 Å². The van der Waals surface area contributed by atoms with Crippen LogP contribution in [0.5, 0.6) is 0 Å². The van der Waals surface area contributed by atoms with Crippen molar-refractivity contribution in [2.45, 2.75) is 70.7 Å². The Morgan fingerprint density at radius 3 is 2.45 bits per heavy atom. The Balaban J connectivity index is 1.99. The minimum absolute atomic E-state index is 0.290. The van der Waals surface area contributed by atoms with Crippen LogP contribution < -0.4 is 0 Å². The van der Waals surface area contributed by atoms with E-state index in [1.807, 2.05) is 0 Å². The van der Waals surface area contributed by atoms with Gasteiger partial charge in [-0.3, -0.25) is 0 Å². The topological polar surface area (TPSA) is 9.23 Å². The fourth-order valence-corrected chi connectivity index (χ4v) is 4.23. The van der Waals surface area contributed by atoms with Crippen molar-refractivity contribution in [2.75, 3.05) is 0 Å². The smallest absolute Gasteiger partial charge is 0.192 e. The Morgan fingerprint density at radius 1 is 1.14 bits per heavy atom. The largest absolute Gasteiger partial charge is 0.413 e. The molecule has 22 heavy (non-hydrogen) atoms. The summed E-state index contributed by atoms with van der Waals surface area (Å²) < 4.78 is 6.73. The Hall–Kier alpha value is -0.863. The second kappa shape index (κ2) is 7.14. The van der Waals surface area contributed by atoms with Crippen molar-refractivity contribution in [2.24, 2.45) is 5.92 Å². The van der Waals surface area contributed by atoms with Crippen molar-refractivity contribution in [1.82, 2.24) is 0 Å². The lowest BCUT2D eigenvalue weighted by atomic mass is 9.88. The second-order valence-corrected chi connectivity index (χ2v) is 12.9. The highest BCUT2D eigenvalue weighted by atomic mass is 28.4. The highest BCUT2D eigenvalue weighted by molar-refractivity contribution is 6.74. The molecule has 1 nitrogen and oxygen atoms in total. The van der Waals surface area contributed by atoms with E-state index in [1.165, 1.54) is 24.8 Å². The number of hydrogen-bond acceptors (Lipinski definition) is 1. The fraction of sp³-hybridized carbons (Fsp3) is 0.600. The van der Waals surface area contributed by atoms with Crippen LogP contribution in [-0.4, -0.2) is 14.4 Å². The lowest BCUT2D eigenvalue weighted by Crippen LogP contribution is -2.46. The molecule has 0 heterocycles. The number of rotatable bonds is 5. The molecule has 2 rings (SSSR count). The van der Waals surface area contributed by atoms with Gasteiger partial charge in [0.25, 0.3) is 0 Å². The minimum atomic E-state index is -1.68. The molecule has 122 valence electrons. The highest BCUT2D eigenvalue weighted by Crippen LogP contribution is 2.40. The molecule has 0 N–H and O–H groups in total. The SMILES string of the molecule is CC(C)(C)[Si](C)(C)O[C@H]1CCC=C[C@@H]1CCc1ccccc1. The Morgan fingerprint density at radius 2 is 1.82 bits per heavy atom. The molecule has 0 fully saturated rings. The average molecular weight is 317 g/mol. The third-order valence-electron chi connectivity index (χ3n) is 5.34. The molecular formula is C20H32OSi. The summed E-state index contributed by atoms with van der Waals surface area (Å²) >= 11 is 0. The molecule has 0 saturated carbocycles. The van der Waals surface area contributed by atoms with Gasteiger partial charge in [0.1, 0.15) is 0 Å². The molecule has 1 aliphatic rings. The third kappa shape index (κ3) is 4.56. The van der Waals surface area contributed by atoms with Crippen molar-refractivity contribution in [1.29, 1.82) is 0 Å². The molecule has 2 atom stereocenters. The maximum Gasteiger partial charge on any atom is 0.192 e. The maximum atomic E-state index is 6.73. The van der Waals surface area contributed by atoms with Gasteiger partial charge < -0.3 is 4.43 Å². The Bertz CT molecular complexity index is 484. The molecule has 0 amide bonds. The number of hydrogen-bond donors (Lipinski definition) is 0. The first-order valence-electron chi connectivity index (χ1n) is 8.68. The quantitative estimate of drug-likeness (QED) is 0.480. The molecule has 0 spiro atoms. The van der Waals surface area contributed by atoms with Gasteiger partial charge in [0, 0.05) is 5.92 Å². The highest BCUT2D eigenvalue weighted by Gasteiger charge is 2.40. The lowest BCUT2D eigenvalue weighted by Gasteiger charge is -2.42. The zero-order valence-corrected chi connectivity index (χ0v) is 15.9. The van der Waals surface area contributed by atoms with Gasteiger partial charge in [-0.25, -0.2) is 0 Å². The van der Waals surface area contributed by atoms with Crippen LogP contribution in [0.3, 0.4) is 0 Å². The summed E-state index contributed by atoms with van der Waals surface area (Å²) in [5.41, 5.74) is 1.44. The fourth-order valence-electron chi connectivity index (χ4n) is 2.83. The molecule has 0 radical (unpaired) electrons. The van der Waals surface area contributed by atoms with Crippen molar-refractivity contribution >= 4 is 8.32 Å². The summed E-state index contributed by atoms with van der Waals surface area (Å²) in [6, 6.07) is 10.8. The van der Waals surface area contributed by atoms with Gasteiger partial charge in [0.15, 0.2) is 8.32 Å². The molecule has 0 saturated heterocycles. The molecule has 0 bridgehead atoms. The van der Waals surface area contributed by atoms with Crippen LogP contribution >= 0.6 is 0 Å². The van der Waals surface area contributed by atoms with E-state index in [0.717, 1.165) is 6.42 Å². The van der Waals surface area contributed by atoms with E-state index in [-0.39, 0.29) is 5.04 Å². The van der Waals surface area contributed by atoms with Gasteiger partial charge in [-0.15, -0.1) is 0 Å². The molecule has 1 aromatic rings. The lowest BCUT2D eigenvalue weighted by molar-refractivity contribution is 0.120. The number of allylic oxidation sites excluding steroid dienone is 1. The van der Waals surface area contributed by atoms with Crippen LogP contribution in [0.1, 0.15) is 45.6 Å². The summed E-state index contributed by atoms with van der Waals surface area (Å²) in [6.07, 6.45) is 9.86. The first-order chi connectivity index (χ1) is 10.3. The average Bonchev–Trinajstić information content (AvgIpc) is 2.46. The van der Waals surface area contributed by atoms with E-state index in [4.69, 9.17) is 4.43 Å². The van der Waals surface area contributed by atoms with Crippen molar-refractivity contribution < 1.29 is 4.43 Å². The first-order valence-corrected chi connectivity index (χ1v) is 11.6. The van der Waals surface area contributed by atoms with Gasteiger partial charge in [-0.05, 0) is 49.4 Å². The summed E-state index contributed by atoms with van der Waals surface area (Å²) in [5, 5.41) is 0.290. The van der Waals surface area contributed by atoms with E-state index in [0.29, 0.717) is 12.0 Å². The summed E-state index contributed by atoms with van der Waals surface area (Å²) in [5.74, 6) is 0.572. The van der Waals surface area contributed by atoms with Crippen LogP contribution in [0.4, 0.5) is 0 Å². The molecular weight excluding hydrogens is 284 g/mol. The predicted molar refractivity (Wildman–Crippen MR) is 98.7 cm³/mol. The number of benzene rings is 1. The van der Waals surface area contributed by atoms with Gasteiger partial charge in [0.05, 0.1) is 6.10 Å². The number of aryl methyl sites for hydroxylation is 1. The van der Waals surface area contributed by atoms with Crippen molar-refractivity contribution in [3.05, 3.63) is 48.0 Å². The standard InChI is InChI=1S/C20H32OSi/c1-20(2,3)22(4,5)21-19-14-10-9-13-18(19)16-15-17-11-7-6-8-12-17/h6-9,11-13,18-19H,10,14-16H2,1-5H3/t18-,19+/m1/s1. The molecule has 2 heteroatoms. The van der Waals surface area contributed by atoms with Crippen LogP contribution in [0.25, 0.3) is 0 Å². The van der Waals surface area contributed by atoms with Crippen molar-refractivity contribution in [3.8, 4) is 0 Å². The second-order valence-electron chi connectivity index (χ2n) is 8.11. The van der Waals surface area contributed by atoms with Crippen LogP contribution in [0.15, 0.2) is 42.5 Å². The van der Waals surface area contributed by atoms with E-state index < -0.39 is 8.32 Å². The summed E-state index contributed by atoms with van der Waals surface area (Å²) in [4.78, 5) is 0. The van der Waals surface area contributed by atoms with Gasteiger partial charge in [-0.2, -0.15) is 0 Å². The normalized spacial score (nSPS) is 22.8. The molecule has 1 aromatic carbocycles.